The summed E-state index contributed by atoms with van der Waals surface area (Å²) in [6, 6.07) is 0.390. The molecule has 1 fully saturated rings. The summed E-state index contributed by atoms with van der Waals surface area (Å²) in [5.41, 5.74) is 1.21. The van der Waals surface area contributed by atoms with Crippen molar-refractivity contribution in [2.24, 2.45) is 0 Å². The number of hydrogen-bond acceptors (Lipinski definition) is 3. The molecule has 2 rings (SSSR count). The highest BCUT2D eigenvalue weighted by Crippen LogP contribution is 2.36. The van der Waals surface area contributed by atoms with E-state index in [-0.39, 0.29) is 0 Å². The Labute approximate surface area is 89.8 Å². The van der Waals surface area contributed by atoms with Crippen LogP contribution in [0.5, 0.6) is 0 Å². The zero-order valence-electron chi connectivity index (χ0n) is 8.92. The molecular weight excluding hydrogens is 192 g/mol. The van der Waals surface area contributed by atoms with E-state index in [4.69, 9.17) is 4.98 Å². The van der Waals surface area contributed by atoms with Gasteiger partial charge in [-0.05, 0) is 26.8 Å². The van der Waals surface area contributed by atoms with Crippen LogP contribution in [0.2, 0.25) is 0 Å². The van der Waals surface area contributed by atoms with Crippen molar-refractivity contribution in [1.29, 1.82) is 0 Å². The molecule has 1 aliphatic carbocycles. The summed E-state index contributed by atoms with van der Waals surface area (Å²) in [6.45, 7) is 2.16. The van der Waals surface area contributed by atoms with Crippen LogP contribution in [0.4, 0.5) is 0 Å². The lowest BCUT2D eigenvalue weighted by Crippen LogP contribution is -2.12. The number of nitrogens with zero attached hydrogens (tertiary/aromatic N) is 1. The Balaban J connectivity index is 2.08. The molecule has 1 atom stereocenters. The second-order valence-electron chi connectivity index (χ2n) is 4.10. The highest BCUT2D eigenvalue weighted by Gasteiger charge is 2.20. The molecule has 0 spiro atoms. The molecule has 0 aliphatic heterocycles. The maximum atomic E-state index is 4.72. The van der Waals surface area contributed by atoms with Crippen LogP contribution in [-0.2, 0) is 0 Å². The quantitative estimate of drug-likeness (QED) is 0.829. The van der Waals surface area contributed by atoms with Crippen molar-refractivity contribution in [2.75, 3.05) is 7.05 Å². The van der Waals surface area contributed by atoms with Crippen LogP contribution in [0, 0.1) is 0 Å². The van der Waals surface area contributed by atoms with E-state index in [9.17, 15) is 0 Å². The van der Waals surface area contributed by atoms with E-state index in [1.54, 1.807) is 0 Å². The SMILES string of the molecule is CNC(C)c1csc(C2CCCC2)n1. The third kappa shape index (κ3) is 1.98. The lowest BCUT2D eigenvalue weighted by molar-refractivity contribution is 0.627. The predicted octanol–water partition coefficient (Wildman–Crippen LogP) is 3.08. The van der Waals surface area contributed by atoms with Crippen molar-refractivity contribution >= 4 is 11.3 Å². The molecule has 0 aromatic carbocycles. The zero-order chi connectivity index (χ0) is 9.97. The molecule has 1 aliphatic rings. The Morgan fingerprint density at radius 1 is 1.50 bits per heavy atom. The van der Waals surface area contributed by atoms with E-state index < -0.39 is 0 Å². The zero-order valence-corrected chi connectivity index (χ0v) is 9.73. The first-order valence-corrected chi connectivity index (χ1v) is 6.32. The first kappa shape index (κ1) is 10.1. The van der Waals surface area contributed by atoms with Crippen molar-refractivity contribution in [2.45, 2.75) is 44.6 Å². The van der Waals surface area contributed by atoms with Crippen LogP contribution in [0.15, 0.2) is 5.38 Å². The maximum Gasteiger partial charge on any atom is 0.0959 e. The number of aromatic nitrogens is 1. The number of thiazole rings is 1. The Morgan fingerprint density at radius 3 is 2.86 bits per heavy atom. The minimum Gasteiger partial charge on any atom is -0.312 e. The summed E-state index contributed by atoms with van der Waals surface area (Å²) in [5, 5.41) is 6.79. The summed E-state index contributed by atoms with van der Waals surface area (Å²) in [7, 11) is 1.99. The van der Waals surface area contributed by atoms with Gasteiger partial charge >= 0.3 is 0 Å². The Kier molecular flexibility index (Phi) is 3.19. The molecule has 1 unspecified atom stereocenters. The number of nitrogens with one attached hydrogen (secondary N) is 1. The van der Waals surface area contributed by atoms with Gasteiger partial charge in [0.1, 0.15) is 0 Å². The largest absolute Gasteiger partial charge is 0.312 e. The molecule has 0 saturated heterocycles. The smallest absolute Gasteiger partial charge is 0.0959 e. The van der Waals surface area contributed by atoms with Gasteiger partial charge in [-0.2, -0.15) is 0 Å². The van der Waals surface area contributed by atoms with Crippen molar-refractivity contribution in [1.82, 2.24) is 10.3 Å². The van der Waals surface area contributed by atoms with Gasteiger partial charge in [-0.3, -0.25) is 0 Å². The monoisotopic (exact) mass is 210 g/mol. The van der Waals surface area contributed by atoms with Crippen LogP contribution in [-0.4, -0.2) is 12.0 Å². The molecule has 14 heavy (non-hydrogen) atoms. The summed E-state index contributed by atoms with van der Waals surface area (Å²) in [5.74, 6) is 0.762. The van der Waals surface area contributed by atoms with E-state index in [2.05, 4.69) is 17.6 Å². The molecule has 2 nitrogen and oxygen atoms in total. The summed E-state index contributed by atoms with van der Waals surface area (Å²) in [6.07, 6.45) is 5.48. The fourth-order valence-corrected chi connectivity index (χ4v) is 3.09. The fourth-order valence-electron chi connectivity index (χ4n) is 2.01. The Bertz CT molecular complexity index is 289. The van der Waals surface area contributed by atoms with Crippen molar-refractivity contribution < 1.29 is 0 Å². The van der Waals surface area contributed by atoms with Crippen LogP contribution in [0.1, 0.15) is 55.3 Å². The molecular formula is C11H18N2S. The lowest BCUT2D eigenvalue weighted by Gasteiger charge is -2.06. The van der Waals surface area contributed by atoms with E-state index in [0.29, 0.717) is 6.04 Å². The van der Waals surface area contributed by atoms with E-state index >= 15 is 0 Å². The topological polar surface area (TPSA) is 24.9 Å². The first-order chi connectivity index (χ1) is 6.81. The second-order valence-corrected chi connectivity index (χ2v) is 4.99. The Hall–Kier alpha value is -0.410. The minimum atomic E-state index is 0.390. The Morgan fingerprint density at radius 2 is 2.21 bits per heavy atom. The predicted molar refractivity (Wildman–Crippen MR) is 60.8 cm³/mol. The maximum absolute atomic E-state index is 4.72. The molecule has 1 aromatic rings. The van der Waals surface area contributed by atoms with Gasteiger partial charge in [0.25, 0.3) is 0 Å². The lowest BCUT2D eigenvalue weighted by atomic mass is 10.1. The van der Waals surface area contributed by atoms with Crippen LogP contribution >= 0.6 is 11.3 Å². The van der Waals surface area contributed by atoms with E-state index in [0.717, 1.165) is 5.92 Å². The third-order valence-corrected chi connectivity index (χ3v) is 4.15. The summed E-state index contributed by atoms with van der Waals surface area (Å²) >= 11 is 1.84. The molecule has 1 saturated carbocycles. The first-order valence-electron chi connectivity index (χ1n) is 5.44. The van der Waals surface area contributed by atoms with Crippen molar-refractivity contribution in [3.8, 4) is 0 Å². The normalized spacial score (nSPS) is 20.1. The van der Waals surface area contributed by atoms with Gasteiger partial charge in [0.2, 0.25) is 0 Å². The molecule has 0 radical (unpaired) electrons. The molecule has 1 N–H and O–H groups in total. The third-order valence-electron chi connectivity index (χ3n) is 3.12. The average Bonchev–Trinajstić information content (AvgIpc) is 2.86. The van der Waals surface area contributed by atoms with E-state index in [1.165, 1.54) is 36.4 Å². The van der Waals surface area contributed by atoms with Gasteiger partial charge in [-0.25, -0.2) is 4.98 Å². The van der Waals surface area contributed by atoms with Gasteiger partial charge in [0.05, 0.1) is 10.7 Å². The molecule has 3 heteroatoms. The fraction of sp³-hybridized carbons (Fsp3) is 0.727. The van der Waals surface area contributed by atoms with Gasteiger partial charge in [-0.1, -0.05) is 12.8 Å². The highest BCUT2D eigenvalue weighted by atomic mass is 32.1. The standard InChI is InChI=1S/C11H18N2S/c1-8(12-2)10-7-14-11(13-10)9-5-3-4-6-9/h7-9,12H,3-6H2,1-2H3. The second kappa shape index (κ2) is 4.41. The van der Waals surface area contributed by atoms with Crippen LogP contribution in [0.25, 0.3) is 0 Å². The van der Waals surface area contributed by atoms with Crippen molar-refractivity contribution in [3.05, 3.63) is 16.1 Å². The van der Waals surface area contributed by atoms with Crippen LogP contribution in [0.3, 0.4) is 0 Å². The van der Waals surface area contributed by atoms with E-state index in [1.807, 2.05) is 18.4 Å². The molecule has 0 bridgehead atoms. The molecule has 0 amide bonds. The van der Waals surface area contributed by atoms with Gasteiger partial charge in [-0.15, -0.1) is 11.3 Å². The van der Waals surface area contributed by atoms with Gasteiger partial charge in [0.15, 0.2) is 0 Å². The molecule has 1 heterocycles. The van der Waals surface area contributed by atoms with Crippen LogP contribution < -0.4 is 5.32 Å². The average molecular weight is 210 g/mol. The molecule has 1 aromatic heterocycles. The number of rotatable bonds is 3. The molecule has 78 valence electrons. The summed E-state index contributed by atoms with van der Waals surface area (Å²) < 4.78 is 0. The van der Waals surface area contributed by atoms with Crippen molar-refractivity contribution in [3.63, 3.8) is 0 Å². The minimum absolute atomic E-state index is 0.390. The summed E-state index contributed by atoms with van der Waals surface area (Å²) in [4.78, 5) is 4.72. The van der Waals surface area contributed by atoms with Gasteiger partial charge in [0, 0.05) is 17.3 Å². The highest BCUT2D eigenvalue weighted by molar-refractivity contribution is 7.09. The number of hydrogen-bond donors (Lipinski definition) is 1. The van der Waals surface area contributed by atoms with Gasteiger partial charge < -0.3 is 5.32 Å².